The first-order valence-electron chi connectivity index (χ1n) is 4.94. The van der Waals surface area contributed by atoms with Crippen molar-refractivity contribution in [3.05, 3.63) is 12.1 Å². The van der Waals surface area contributed by atoms with Gasteiger partial charge in [0.1, 0.15) is 0 Å². The van der Waals surface area contributed by atoms with Crippen LogP contribution in [0.5, 0.6) is 0 Å². The van der Waals surface area contributed by atoms with Crippen molar-refractivity contribution < 1.29 is 14.4 Å². The maximum atomic E-state index is 8.79. The molecule has 1 heterocycles. The molecule has 4 heteroatoms. The summed E-state index contributed by atoms with van der Waals surface area (Å²) in [6, 6.07) is 0. The van der Waals surface area contributed by atoms with Gasteiger partial charge in [0.2, 0.25) is 0 Å². The molecular weight excluding hydrogens is 179 g/mol. The molecule has 0 unspecified atom stereocenters. The van der Waals surface area contributed by atoms with Crippen molar-refractivity contribution in [2.24, 2.45) is 0 Å². The highest BCUT2D eigenvalue weighted by atomic mass is 16.7. The minimum absolute atomic E-state index is 0.0862. The molecule has 1 fully saturated rings. The van der Waals surface area contributed by atoms with Crippen LogP contribution in [0, 0.1) is 0 Å². The lowest BCUT2D eigenvalue weighted by Crippen LogP contribution is -2.41. The van der Waals surface area contributed by atoms with Crippen LogP contribution in [0.25, 0.3) is 0 Å². The van der Waals surface area contributed by atoms with E-state index in [-0.39, 0.29) is 24.9 Å². The molecule has 1 aliphatic rings. The Morgan fingerprint density at radius 2 is 1.64 bits per heavy atom. The lowest BCUT2D eigenvalue weighted by molar-refractivity contribution is 0.00578. The maximum Gasteiger partial charge on any atom is 0.490 e. The fourth-order valence-electron chi connectivity index (χ4n) is 1.27. The first kappa shape index (κ1) is 11.8. The molecule has 0 aromatic rings. The van der Waals surface area contributed by atoms with Crippen molar-refractivity contribution >= 4 is 7.12 Å². The first-order valence-corrected chi connectivity index (χ1v) is 4.94. The average molecular weight is 198 g/mol. The summed E-state index contributed by atoms with van der Waals surface area (Å²) < 4.78 is 11.5. The van der Waals surface area contributed by atoms with E-state index >= 15 is 0 Å². The molecule has 1 saturated heterocycles. The third-order valence-corrected chi connectivity index (χ3v) is 3.02. The summed E-state index contributed by atoms with van der Waals surface area (Å²) in [4.78, 5) is 0. The topological polar surface area (TPSA) is 38.7 Å². The van der Waals surface area contributed by atoms with Crippen molar-refractivity contribution in [3.8, 4) is 0 Å². The van der Waals surface area contributed by atoms with Gasteiger partial charge in [0.25, 0.3) is 0 Å². The molecule has 0 bridgehead atoms. The van der Waals surface area contributed by atoms with Crippen LogP contribution >= 0.6 is 0 Å². The van der Waals surface area contributed by atoms with Gasteiger partial charge in [-0.2, -0.15) is 0 Å². The summed E-state index contributed by atoms with van der Waals surface area (Å²) in [5, 5.41) is 8.79. The molecule has 0 amide bonds. The van der Waals surface area contributed by atoms with Crippen molar-refractivity contribution in [3.63, 3.8) is 0 Å². The normalized spacial score (nSPS) is 23.9. The molecule has 0 spiro atoms. The van der Waals surface area contributed by atoms with Gasteiger partial charge in [0.15, 0.2) is 0 Å². The predicted octanol–water partition coefficient (Wildman–Crippen LogP) is 1.56. The predicted molar refractivity (Wildman–Crippen MR) is 56.9 cm³/mol. The summed E-state index contributed by atoms with van der Waals surface area (Å²) in [5.74, 6) is 0. The zero-order chi connectivity index (χ0) is 11.0. The highest BCUT2D eigenvalue weighted by Gasteiger charge is 2.51. The van der Waals surface area contributed by atoms with E-state index in [1.54, 1.807) is 0 Å². The second kappa shape index (κ2) is 3.68. The number of rotatable bonds is 3. The molecule has 0 atom stereocenters. The Kier molecular flexibility index (Phi) is 3.09. The van der Waals surface area contributed by atoms with Gasteiger partial charge in [0, 0.05) is 6.61 Å². The third-order valence-electron chi connectivity index (χ3n) is 3.02. The van der Waals surface area contributed by atoms with Crippen molar-refractivity contribution in [2.75, 3.05) is 6.61 Å². The highest BCUT2D eigenvalue weighted by Crippen LogP contribution is 2.38. The van der Waals surface area contributed by atoms with E-state index in [2.05, 4.69) is 6.58 Å². The summed E-state index contributed by atoms with van der Waals surface area (Å²) >= 11 is 0. The molecule has 3 nitrogen and oxygen atoms in total. The van der Waals surface area contributed by atoms with Crippen LogP contribution in [0.15, 0.2) is 12.1 Å². The highest BCUT2D eigenvalue weighted by molar-refractivity contribution is 6.54. The zero-order valence-corrected chi connectivity index (χ0v) is 9.46. The van der Waals surface area contributed by atoms with Crippen LogP contribution in [-0.4, -0.2) is 30.0 Å². The quantitative estimate of drug-likeness (QED) is 0.699. The van der Waals surface area contributed by atoms with E-state index < -0.39 is 0 Å². The fourth-order valence-corrected chi connectivity index (χ4v) is 1.27. The molecular formula is C10H19BO3. The fraction of sp³-hybridized carbons (Fsp3) is 0.800. The summed E-state index contributed by atoms with van der Waals surface area (Å²) in [5.41, 5.74) is 0.151. The largest absolute Gasteiger partial charge is 0.490 e. The van der Waals surface area contributed by atoms with Crippen LogP contribution in [0.2, 0.25) is 0 Å². The Morgan fingerprint density at radius 3 is 2.00 bits per heavy atom. The van der Waals surface area contributed by atoms with Gasteiger partial charge in [-0.1, -0.05) is 0 Å². The Balaban J connectivity index is 2.68. The van der Waals surface area contributed by atoms with Crippen LogP contribution in [-0.2, 0) is 9.31 Å². The molecule has 14 heavy (non-hydrogen) atoms. The summed E-state index contributed by atoms with van der Waals surface area (Å²) in [6.45, 7) is 11.9. The zero-order valence-electron chi connectivity index (χ0n) is 9.46. The van der Waals surface area contributed by atoms with Crippen molar-refractivity contribution in [1.29, 1.82) is 0 Å². The number of hydrogen-bond acceptors (Lipinski definition) is 3. The lowest BCUT2D eigenvalue weighted by atomic mass is 9.78. The minimum Gasteiger partial charge on any atom is -0.400 e. The Labute approximate surface area is 86.2 Å². The molecule has 1 aliphatic heterocycles. The van der Waals surface area contributed by atoms with E-state index in [1.807, 2.05) is 27.7 Å². The van der Waals surface area contributed by atoms with Crippen molar-refractivity contribution in [1.82, 2.24) is 0 Å². The molecule has 0 radical (unpaired) electrons. The van der Waals surface area contributed by atoms with E-state index in [1.165, 1.54) is 0 Å². The molecule has 0 aromatic carbocycles. The minimum atomic E-state index is -0.382. The standard InChI is InChI=1S/C10H19BO3/c1-8(6-7-12)11-13-9(2,3)10(4,5)14-11/h12H,1,6-7H2,2-5H3. The van der Waals surface area contributed by atoms with E-state index in [0.29, 0.717) is 6.42 Å². The average Bonchev–Trinajstić information content (AvgIpc) is 2.22. The number of aliphatic hydroxyl groups is 1. The molecule has 1 N–H and O–H groups in total. The van der Waals surface area contributed by atoms with Gasteiger partial charge >= 0.3 is 7.12 Å². The smallest absolute Gasteiger partial charge is 0.400 e. The summed E-state index contributed by atoms with van der Waals surface area (Å²) in [6.07, 6.45) is 0.525. The number of aliphatic hydroxyl groups excluding tert-OH is 1. The monoisotopic (exact) mass is 198 g/mol. The Bertz CT molecular complexity index is 220. The molecule has 1 rings (SSSR count). The van der Waals surface area contributed by atoms with Gasteiger partial charge in [-0.15, -0.1) is 6.58 Å². The van der Waals surface area contributed by atoms with Gasteiger partial charge in [-0.3, -0.25) is 0 Å². The van der Waals surface area contributed by atoms with E-state index in [9.17, 15) is 0 Å². The van der Waals surface area contributed by atoms with Crippen LogP contribution < -0.4 is 0 Å². The molecule has 0 aliphatic carbocycles. The van der Waals surface area contributed by atoms with Crippen LogP contribution in [0.3, 0.4) is 0 Å². The SMILES string of the molecule is C=C(CCO)B1OC(C)(C)C(C)(C)O1. The second-order valence-corrected chi connectivity index (χ2v) is 4.72. The van der Waals surface area contributed by atoms with E-state index in [0.717, 1.165) is 5.47 Å². The van der Waals surface area contributed by atoms with Crippen LogP contribution in [0.4, 0.5) is 0 Å². The van der Waals surface area contributed by atoms with E-state index in [4.69, 9.17) is 14.4 Å². The van der Waals surface area contributed by atoms with Crippen molar-refractivity contribution in [2.45, 2.75) is 45.3 Å². The Morgan fingerprint density at radius 1 is 1.21 bits per heavy atom. The van der Waals surface area contributed by atoms with Gasteiger partial charge in [-0.25, -0.2) is 0 Å². The molecule has 80 valence electrons. The van der Waals surface area contributed by atoms with Gasteiger partial charge in [0.05, 0.1) is 11.2 Å². The summed E-state index contributed by atoms with van der Waals surface area (Å²) in [7, 11) is -0.382. The second-order valence-electron chi connectivity index (χ2n) is 4.72. The number of hydrogen-bond donors (Lipinski definition) is 1. The van der Waals surface area contributed by atoms with Crippen LogP contribution in [0.1, 0.15) is 34.1 Å². The lowest BCUT2D eigenvalue weighted by Gasteiger charge is -2.32. The third kappa shape index (κ3) is 2.02. The molecule has 0 saturated carbocycles. The van der Waals surface area contributed by atoms with Gasteiger partial charge < -0.3 is 14.4 Å². The first-order chi connectivity index (χ1) is 6.30. The van der Waals surface area contributed by atoms with Gasteiger partial charge in [-0.05, 0) is 39.6 Å². The Hall–Kier alpha value is -0.315. The maximum absolute atomic E-state index is 8.79. The molecule has 0 aromatic heterocycles.